The van der Waals surface area contributed by atoms with E-state index in [-0.39, 0.29) is 5.91 Å². The lowest BCUT2D eigenvalue weighted by Gasteiger charge is -2.08. The second kappa shape index (κ2) is 8.02. The van der Waals surface area contributed by atoms with Crippen molar-refractivity contribution in [3.8, 4) is 22.5 Å². The molecular formula is C22H19N3O3. The molecule has 0 aliphatic rings. The van der Waals surface area contributed by atoms with Gasteiger partial charge in [-0.25, -0.2) is 4.98 Å². The molecule has 6 heteroatoms. The largest absolute Gasteiger partial charge is 0.383 e. The summed E-state index contributed by atoms with van der Waals surface area (Å²) in [5.74, 6) is -0.220. The minimum atomic E-state index is -0.220. The minimum absolute atomic E-state index is 0.220. The normalized spacial score (nSPS) is 10.9. The first-order valence-corrected chi connectivity index (χ1v) is 8.96. The highest BCUT2D eigenvalue weighted by atomic mass is 16.5. The molecule has 28 heavy (non-hydrogen) atoms. The fourth-order valence-electron chi connectivity index (χ4n) is 3.04. The molecule has 2 heterocycles. The first-order valence-electron chi connectivity index (χ1n) is 8.96. The topological polar surface area (TPSA) is 77.2 Å². The van der Waals surface area contributed by atoms with Gasteiger partial charge in [-0.2, -0.15) is 0 Å². The molecule has 0 aliphatic heterocycles. The molecule has 0 spiro atoms. The van der Waals surface area contributed by atoms with Gasteiger partial charge in [-0.3, -0.25) is 4.79 Å². The number of nitrogens with zero attached hydrogens (tertiary/aromatic N) is 2. The molecule has 0 saturated heterocycles. The van der Waals surface area contributed by atoms with E-state index in [0.717, 1.165) is 11.1 Å². The molecule has 4 aromatic rings. The monoisotopic (exact) mass is 373 g/mol. The number of nitrogens with one attached hydrogen (secondary N) is 1. The van der Waals surface area contributed by atoms with Crippen LogP contribution in [0, 0.1) is 0 Å². The van der Waals surface area contributed by atoms with Crippen LogP contribution in [0.2, 0.25) is 0 Å². The van der Waals surface area contributed by atoms with E-state index in [2.05, 4.69) is 15.5 Å². The molecule has 0 saturated carbocycles. The number of benzene rings is 2. The molecule has 0 unspecified atom stereocenters. The number of aromatic nitrogens is 2. The predicted molar refractivity (Wildman–Crippen MR) is 107 cm³/mol. The van der Waals surface area contributed by atoms with Crippen molar-refractivity contribution in [3.05, 3.63) is 72.3 Å². The molecule has 6 nitrogen and oxygen atoms in total. The number of amides is 1. The van der Waals surface area contributed by atoms with Crippen molar-refractivity contribution in [2.75, 3.05) is 20.3 Å². The first kappa shape index (κ1) is 17.9. The predicted octanol–water partition coefficient (Wildman–Crippen LogP) is 3.93. The van der Waals surface area contributed by atoms with Crippen LogP contribution >= 0.6 is 0 Å². The molecule has 2 aromatic carbocycles. The van der Waals surface area contributed by atoms with E-state index in [9.17, 15) is 4.79 Å². The van der Waals surface area contributed by atoms with E-state index in [0.29, 0.717) is 41.2 Å². The average molecular weight is 373 g/mol. The van der Waals surface area contributed by atoms with Gasteiger partial charge in [-0.1, -0.05) is 65.8 Å². The van der Waals surface area contributed by atoms with Crippen LogP contribution in [0.1, 0.15) is 10.4 Å². The first-order chi connectivity index (χ1) is 13.8. The third-order valence-corrected chi connectivity index (χ3v) is 4.40. The maximum absolute atomic E-state index is 12.9. The Kier molecular flexibility index (Phi) is 5.12. The molecule has 2 aromatic heterocycles. The highest BCUT2D eigenvalue weighted by Gasteiger charge is 2.21. The van der Waals surface area contributed by atoms with Crippen LogP contribution in [0.4, 0.5) is 0 Å². The zero-order chi connectivity index (χ0) is 19.3. The van der Waals surface area contributed by atoms with Gasteiger partial charge >= 0.3 is 0 Å². The minimum Gasteiger partial charge on any atom is -0.383 e. The quantitative estimate of drug-likeness (QED) is 0.518. The number of carbonyl (C=O) groups excluding carboxylic acids is 1. The number of hydrogen-bond acceptors (Lipinski definition) is 5. The standard InChI is InChI=1S/C22H19N3O3/c1-27-13-12-23-21(26)17-14-18(15-8-4-2-5-9-15)24-22-19(17)20(25-28-22)16-10-6-3-7-11-16/h2-11,14H,12-13H2,1H3,(H,23,26). The summed E-state index contributed by atoms with van der Waals surface area (Å²) in [6.45, 7) is 0.840. The van der Waals surface area contributed by atoms with Gasteiger partial charge in [0, 0.05) is 24.8 Å². The van der Waals surface area contributed by atoms with Gasteiger partial charge in [0.25, 0.3) is 11.6 Å². The van der Waals surface area contributed by atoms with Gasteiger partial charge < -0.3 is 14.6 Å². The lowest BCUT2D eigenvalue weighted by Crippen LogP contribution is -2.27. The van der Waals surface area contributed by atoms with Crippen LogP contribution < -0.4 is 5.32 Å². The molecule has 0 atom stereocenters. The van der Waals surface area contributed by atoms with Crippen LogP contribution in [-0.4, -0.2) is 36.3 Å². The average Bonchev–Trinajstić information content (AvgIpc) is 3.18. The van der Waals surface area contributed by atoms with Crippen molar-refractivity contribution >= 4 is 17.0 Å². The Bertz CT molecular complexity index is 1090. The maximum Gasteiger partial charge on any atom is 0.259 e. The fraction of sp³-hybridized carbons (Fsp3) is 0.136. The van der Waals surface area contributed by atoms with Crippen LogP contribution in [0.5, 0.6) is 0 Å². The second-order valence-corrected chi connectivity index (χ2v) is 6.25. The van der Waals surface area contributed by atoms with E-state index < -0.39 is 0 Å². The van der Waals surface area contributed by atoms with Crippen molar-refractivity contribution < 1.29 is 14.1 Å². The highest BCUT2D eigenvalue weighted by Crippen LogP contribution is 2.32. The summed E-state index contributed by atoms with van der Waals surface area (Å²) in [6.07, 6.45) is 0. The van der Waals surface area contributed by atoms with Crippen molar-refractivity contribution in [1.29, 1.82) is 0 Å². The van der Waals surface area contributed by atoms with Crippen LogP contribution in [0.3, 0.4) is 0 Å². The second-order valence-electron chi connectivity index (χ2n) is 6.25. The van der Waals surface area contributed by atoms with E-state index >= 15 is 0 Å². The molecule has 1 N–H and O–H groups in total. The molecule has 1 amide bonds. The number of carbonyl (C=O) groups is 1. The van der Waals surface area contributed by atoms with Gasteiger partial charge in [0.2, 0.25) is 0 Å². The number of methoxy groups -OCH3 is 1. The summed E-state index contributed by atoms with van der Waals surface area (Å²) >= 11 is 0. The van der Waals surface area contributed by atoms with Crippen LogP contribution in [0.15, 0.2) is 71.3 Å². The zero-order valence-electron chi connectivity index (χ0n) is 15.4. The molecule has 0 aliphatic carbocycles. The van der Waals surface area contributed by atoms with Crippen molar-refractivity contribution in [2.24, 2.45) is 0 Å². The molecule has 0 bridgehead atoms. The highest BCUT2D eigenvalue weighted by molar-refractivity contribution is 6.10. The number of hydrogen-bond donors (Lipinski definition) is 1. The Balaban J connectivity index is 1.87. The lowest BCUT2D eigenvalue weighted by molar-refractivity contribution is 0.0938. The van der Waals surface area contributed by atoms with Crippen molar-refractivity contribution in [2.45, 2.75) is 0 Å². The third-order valence-electron chi connectivity index (χ3n) is 4.40. The number of ether oxygens (including phenoxy) is 1. The van der Waals surface area contributed by atoms with E-state index in [4.69, 9.17) is 9.26 Å². The summed E-state index contributed by atoms with van der Waals surface area (Å²) in [6, 6.07) is 21.1. The Labute approximate surface area is 162 Å². The van der Waals surface area contributed by atoms with Gasteiger partial charge in [0.05, 0.1) is 23.3 Å². The summed E-state index contributed by atoms with van der Waals surface area (Å²) in [4.78, 5) is 17.5. The van der Waals surface area contributed by atoms with Gasteiger partial charge in [0.15, 0.2) is 0 Å². The third kappa shape index (κ3) is 3.50. The van der Waals surface area contributed by atoms with E-state index in [1.54, 1.807) is 13.2 Å². The van der Waals surface area contributed by atoms with E-state index in [1.165, 1.54) is 0 Å². The number of fused-ring (bicyclic) bond motifs is 1. The van der Waals surface area contributed by atoms with Crippen molar-refractivity contribution in [3.63, 3.8) is 0 Å². The van der Waals surface area contributed by atoms with Gasteiger partial charge in [0.1, 0.15) is 5.69 Å². The van der Waals surface area contributed by atoms with Crippen molar-refractivity contribution in [1.82, 2.24) is 15.5 Å². The Morgan fingerprint density at radius 1 is 1.04 bits per heavy atom. The molecule has 0 fully saturated rings. The zero-order valence-corrected chi connectivity index (χ0v) is 15.4. The van der Waals surface area contributed by atoms with Gasteiger partial charge in [-0.15, -0.1) is 0 Å². The Morgan fingerprint density at radius 3 is 2.39 bits per heavy atom. The smallest absolute Gasteiger partial charge is 0.259 e. The summed E-state index contributed by atoms with van der Waals surface area (Å²) in [5.41, 5.74) is 3.81. The molecule has 0 radical (unpaired) electrons. The molecular weight excluding hydrogens is 354 g/mol. The van der Waals surface area contributed by atoms with E-state index in [1.807, 2.05) is 60.7 Å². The molecule has 4 rings (SSSR count). The summed E-state index contributed by atoms with van der Waals surface area (Å²) in [5, 5.41) is 7.67. The number of pyridine rings is 1. The molecule has 140 valence electrons. The maximum atomic E-state index is 12.9. The Hall–Kier alpha value is -3.51. The number of rotatable bonds is 6. The van der Waals surface area contributed by atoms with Crippen LogP contribution in [0.25, 0.3) is 33.6 Å². The fourth-order valence-corrected chi connectivity index (χ4v) is 3.04. The SMILES string of the molecule is COCCNC(=O)c1cc(-c2ccccc2)nc2onc(-c3ccccc3)c12. The Morgan fingerprint density at radius 2 is 1.71 bits per heavy atom. The summed E-state index contributed by atoms with van der Waals surface area (Å²) in [7, 11) is 1.60. The van der Waals surface area contributed by atoms with Crippen LogP contribution in [-0.2, 0) is 4.74 Å². The van der Waals surface area contributed by atoms with Gasteiger partial charge in [-0.05, 0) is 6.07 Å². The lowest BCUT2D eigenvalue weighted by atomic mass is 10.0. The summed E-state index contributed by atoms with van der Waals surface area (Å²) < 4.78 is 10.5.